The van der Waals surface area contributed by atoms with Gasteiger partial charge in [-0.3, -0.25) is 4.98 Å². The second kappa shape index (κ2) is 7.17. The highest BCUT2D eigenvalue weighted by Gasteiger charge is 2.70. The van der Waals surface area contributed by atoms with Gasteiger partial charge in [-0.25, -0.2) is 0 Å². The van der Waals surface area contributed by atoms with E-state index in [1.54, 1.807) is 16.8 Å². The fourth-order valence-electron chi connectivity index (χ4n) is 0.890. The van der Waals surface area contributed by atoms with Gasteiger partial charge in [0.15, 0.2) is 0 Å². The summed E-state index contributed by atoms with van der Waals surface area (Å²) in [6, 6.07) is 5.72. The van der Waals surface area contributed by atoms with Crippen LogP contribution in [0.2, 0.25) is 0 Å². The molecule has 0 saturated heterocycles. The van der Waals surface area contributed by atoms with Crippen molar-refractivity contribution in [1.29, 1.82) is 0 Å². The van der Waals surface area contributed by atoms with Crippen LogP contribution in [0.4, 0.5) is 35.3 Å². The highest BCUT2D eigenvalue weighted by molar-refractivity contribution is 7.87. The fourth-order valence-corrected chi connectivity index (χ4v) is 1.41. The van der Waals surface area contributed by atoms with E-state index in [-0.39, 0.29) is 0 Å². The molecule has 13 heteroatoms. The van der Waals surface area contributed by atoms with Crippen molar-refractivity contribution in [1.82, 2.24) is 4.98 Å². The molecule has 1 rings (SSSR count). The lowest BCUT2D eigenvalue weighted by Gasteiger charge is -2.24. The zero-order valence-corrected chi connectivity index (χ0v) is 11.0. The molecule has 0 aliphatic carbocycles. The Morgan fingerprint density at radius 1 is 0.909 bits per heavy atom. The predicted octanol–water partition coefficient (Wildman–Crippen LogP) is 3.48. The Morgan fingerprint density at radius 2 is 1.36 bits per heavy atom. The van der Waals surface area contributed by atoms with E-state index >= 15 is 0 Å². The van der Waals surface area contributed by atoms with Crippen LogP contribution >= 0.6 is 0 Å². The number of hydrogen-bond donors (Lipinski definition) is 0. The summed E-state index contributed by atoms with van der Waals surface area (Å²) >= 11 is 0. The lowest BCUT2D eigenvalue weighted by Crippen LogP contribution is -2.49. The van der Waals surface area contributed by atoms with Gasteiger partial charge < -0.3 is 0 Å². The summed E-state index contributed by atoms with van der Waals surface area (Å²) in [5.41, 5.74) is 0. The predicted molar refractivity (Wildman–Crippen MR) is 55.9 cm³/mol. The number of pyridine rings is 1. The van der Waals surface area contributed by atoms with Gasteiger partial charge in [0.1, 0.15) is 6.42 Å². The Kier molecular flexibility index (Phi) is 6.69. The first-order valence-corrected chi connectivity index (χ1v) is 6.40. The van der Waals surface area contributed by atoms with E-state index in [0.29, 0.717) is 0 Å². The van der Waals surface area contributed by atoms with Crippen LogP contribution < -0.4 is 0 Å². The van der Waals surface area contributed by atoms with Crippen molar-refractivity contribution in [3.63, 3.8) is 0 Å². The molecule has 0 unspecified atom stereocenters. The molecular formula is C9H7F8NO3S. The molecule has 0 spiro atoms. The minimum atomic E-state index is -6.78. The maximum atomic E-state index is 12.3. The first kappa shape index (κ1) is 20.5. The standard InChI is InChI=1S/C5H5N.C4H2F8O3S/c1-2-4-6-5-3-1;5-2(6,1-3(7,8)9)4(10,11)16(13,14)15-12/h1-5H;1H2. The Morgan fingerprint density at radius 3 is 1.59 bits per heavy atom. The zero-order valence-electron chi connectivity index (χ0n) is 10.2. The highest BCUT2D eigenvalue weighted by atomic mass is 32.2. The molecule has 0 bridgehead atoms. The van der Waals surface area contributed by atoms with Crippen LogP contribution in [0.25, 0.3) is 0 Å². The summed E-state index contributed by atoms with van der Waals surface area (Å²) in [7, 11) is -6.78. The normalized spacial score (nSPS) is 13.3. The van der Waals surface area contributed by atoms with Crippen LogP contribution in [0, 0.1) is 0 Å². The molecule has 0 radical (unpaired) electrons. The van der Waals surface area contributed by atoms with E-state index < -0.39 is 33.9 Å². The van der Waals surface area contributed by atoms with Crippen molar-refractivity contribution in [2.75, 3.05) is 0 Å². The first-order valence-electron chi connectivity index (χ1n) is 4.99. The average molecular weight is 361 g/mol. The Bertz CT molecular complexity index is 519. The fraction of sp³-hybridized carbons (Fsp3) is 0.444. The number of halogens is 8. The molecule has 0 atom stereocenters. The molecule has 22 heavy (non-hydrogen) atoms. The smallest absolute Gasteiger partial charge is 0.265 e. The third-order valence-corrected chi connectivity index (χ3v) is 2.90. The number of hydrogen-bond acceptors (Lipinski definition) is 4. The summed E-state index contributed by atoms with van der Waals surface area (Å²) in [6.45, 7) is 0. The molecule has 0 saturated carbocycles. The van der Waals surface area contributed by atoms with Gasteiger partial charge in [0.2, 0.25) is 0 Å². The average Bonchev–Trinajstić information content (AvgIpc) is 2.38. The van der Waals surface area contributed by atoms with Crippen molar-refractivity contribution in [3.8, 4) is 0 Å². The van der Waals surface area contributed by atoms with Crippen LogP contribution in [0.1, 0.15) is 6.42 Å². The van der Waals surface area contributed by atoms with Crippen molar-refractivity contribution in [2.24, 2.45) is 0 Å². The van der Waals surface area contributed by atoms with E-state index in [0.717, 1.165) is 0 Å². The second-order valence-electron chi connectivity index (χ2n) is 3.55. The van der Waals surface area contributed by atoms with E-state index in [9.17, 15) is 43.7 Å². The summed E-state index contributed by atoms with van der Waals surface area (Å²) in [5, 5.41) is -6.33. The summed E-state index contributed by atoms with van der Waals surface area (Å²) in [4.78, 5) is 3.78. The van der Waals surface area contributed by atoms with Gasteiger partial charge in [-0.2, -0.15) is 39.2 Å². The molecule has 0 amide bonds. The molecule has 0 aliphatic heterocycles. The number of rotatable bonds is 4. The third kappa shape index (κ3) is 5.71. The van der Waals surface area contributed by atoms with Crippen LogP contribution in [0.15, 0.2) is 30.6 Å². The summed E-state index contributed by atoms with van der Waals surface area (Å²) < 4.78 is 116. The molecule has 0 aromatic carbocycles. The molecule has 1 aromatic heterocycles. The van der Waals surface area contributed by atoms with Crippen LogP contribution in [-0.4, -0.2) is 30.8 Å². The lowest BCUT2D eigenvalue weighted by molar-refractivity contribution is -0.239. The van der Waals surface area contributed by atoms with Gasteiger partial charge in [0.25, 0.3) is 0 Å². The zero-order chi connectivity index (χ0) is 17.7. The van der Waals surface area contributed by atoms with Crippen LogP contribution in [0.5, 0.6) is 0 Å². The number of aromatic nitrogens is 1. The highest BCUT2D eigenvalue weighted by Crippen LogP contribution is 2.45. The Hall–Kier alpha value is -1.50. The van der Waals surface area contributed by atoms with Crippen molar-refractivity contribution in [3.05, 3.63) is 30.6 Å². The maximum Gasteiger partial charge on any atom is 0.434 e. The Labute approximate surface area is 118 Å². The second-order valence-corrected chi connectivity index (χ2v) is 5.10. The minimum absolute atomic E-state index is 1.58. The Balaban J connectivity index is 0.000000604. The molecule has 1 aromatic rings. The number of alkyl halides is 7. The van der Waals surface area contributed by atoms with Gasteiger partial charge in [-0.1, -0.05) is 10.5 Å². The van der Waals surface area contributed by atoms with Crippen LogP contribution in [-0.2, 0) is 14.5 Å². The molecule has 1 heterocycles. The largest absolute Gasteiger partial charge is 0.434 e. The van der Waals surface area contributed by atoms with Crippen LogP contribution in [0.3, 0.4) is 0 Å². The van der Waals surface area contributed by atoms with Gasteiger partial charge in [-0.05, 0) is 16.7 Å². The molecule has 0 fully saturated rings. The molecular weight excluding hydrogens is 354 g/mol. The van der Waals surface area contributed by atoms with E-state index in [1.807, 2.05) is 18.2 Å². The summed E-state index contributed by atoms with van der Waals surface area (Å²) in [5.74, 6) is -6.05. The van der Waals surface area contributed by atoms with Gasteiger partial charge in [0, 0.05) is 12.4 Å². The third-order valence-electron chi connectivity index (χ3n) is 1.81. The van der Waals surface area contributed by atoms with E-state index in [1.165, 1.54) is 0 Å². The van der Waals surface area contributed by atoms with E-state index in [2.05, 4.69) is 4.98 Å². The molecule has 0 N–H and O–H groups in total. The van der Waals surface area contributed by atoms with Gasteiger partial charge in [0.05, 0.1) is 0 Å². The van der Waals surface area contributed by atoms with E-state index in [4.69, 9.17) is 0 Å². The molecule has 0 aliphatic rings. The summed E-state index contributed by atoms with van der Waals surface area (Å²) in [6.07, 6.45) is -5.70. The monoisotopic (exact) mass is 361 g/mol. The molecule has 4 nitrogen and oxygen atoms in total. The lowest BCUT2D eigenvalue weighted by atomic mass is 10.2. The maximum absolute atomic E-state index is 12.3. The van der Waals surface area contributed by atoms with Crippen molar-refractivity contribution >= 4 is 10.1 Å². The van der Waals surface area contributed by atoms with Crippen molar-refractivity contribution < 1.29 is 48.1 Å². The molecule has 128 valence electrons. The topological polar surface area (TPSA) is 56.3 Å². The van der Waals surface area contributed by atoms with Gasteiger partial charge in [-0.15, -0.1) is 0 Å². The minimum Gasteiger partial charge on any atom is -0.265 e. The van der Waals surface area contributed by atoms with Crippen molar-refractivity contribution in [2.45, 2.75) is 23.8 Å². The van der Waals surface area contributed by atoms with Gasteiger partial charge >= 0.3 is 27.5 Å². The number of nitrogens with zero attached hydrogens (tertiary/aromatic N) is 1. The first-order chi connectivity index (χ1) is 9.77. The quantitative estimate of drug-likeness (QED) is 0.771. The SMILES string of the molecule is O=S(=O)(OF)C(F)(F)C(F)(F)CC(F)(F)F.c1ccncc1.